The van der Waals surface area contributed by atoms with Gasteiger partial charge in [-0.2, -0.15) is 0 Å². The number of ether oxygens (including phenoxy) is 2. The Morgan fingerprint density at radius 1 is 1.20 bits per heavy atom. The number of hydrogen-bond acceptors (Lipinski definition) is 4. The van der Waals surface area contributed by atoms with E-state index in [0.29, 0.717) is 22.9 Å². The van der Waals surface area contributed by atoms with Gasteiger partial charge in [-0.15, -0.1) is 0 Å². The summed E-state index contributed by atoms with van der Waals surface area (Å²) in [6.45, 7) is 5.59. The summed E-state index contributed by atoms with van der Waals surface area (Å²) in [5.41, 5.74) is 3.38. The molecule has 0 fully saturated rings. The number of anilines is 2. The molecule has 0 aliphatic carbocycles. The van der Waals surface area contributed by atoms with E-state index in [1.165, 1.54) is 5.56 Å². The van der Waals surface area contributed by atoms with Gasteiger partial charge in [-0.3, -0.25) is 9.59 Å². The van der Waals surface area contributed by atoms with Gasteiger partial charge < -0.3 is 20.1 Å². The second-order valence-corrected chi connectivity index (χ2v) is 6.04. The predicted octanol–water partition coefficient (Wildman–Crippen LogP) is 3.04. The number of benzene rings is 2. The van der Waals surface area contributed by atoms with Gasteiger partial charge in [-0.1, -0.05) is 6.07 Å². The van der Waals surface area contributed by atoms with Crippen molar-refractivity contribution in [3.05, 3.63) is 47.5 Å². The summed E-state index contributed by atoms with van der Waals surface area (Å²) in [5, 5.41) is 5.49. The Kier molecular flexibility index (Phi) is 4.61. The van der Waals surface area contributed by atoms with Crippen molar-refractivity contribution in [3.8, 4) is 11.5 Å². The molecule has 0 bridgehead atoms. The number of amides is 2. The van der Waals surface area contributed by atoms with Crippen LogP contribution in [0.2, 0.25) is 0 Å². The van der Waals surface area contributed by atoms with Gasteiger partial charge in [0.05, 0.1) is 5.69 Å². The largest absolute Gasteiger partial charge is 0.484 e. The van der Waals surface area contributed by atoms with Gasteiger partial charge >= 0.3 is 0 Å². The lowest BCUT2D eigenvalue weighted by molar-refractivity contribution is -0.122. The smallest absolute Gasteiger partial charge is 0.265 e. The van der Waals surface area contributed by atoms with E-state index in [1.54, 1.807) is 25.1 Å². The Bertz CT molecular complexity index is 832. The van der Waals surface area contributed by atoms with Crippen LogP contribution < -0.4 is 20.1 Å². The third-order valence-electron chi connectivity index (χ3n) is 4.04. The molecular weight excluding hydrogens is 320 g/mol. The van der Waals surface area contributed by atoms with Gasteiger partial charge in [-0.25, -0.2) is 0 Å². The van der Waals surface area contributed by atoms with Gasteiger partial charge in [0, 0.05) is 5.69 Å². The number of nitrogens with one attached hydrogen (secondary N) is 2. The first-order valence-corrected chi connectivity index (χ1v) is 8.04. The van der Waals surface area contributed by atoms with Crippen LogP contribution in [0.4, 0.5) is 11.4 Å². The van der Waals surface area contributed by atoms with Crippen molar-refractivity contribution in [1.82, 2.24) is 0 Å². The number of carbonyl (C=O) groups is 2. The summed E-state index contributed by atoms with van der Waals surface area (Å²) in [6, 6.07) is 10.8. The Balaban J connectivity index is 1.60. The predicted molar refractivity (Wildman–Crippen MR) is 95.2 cm³/mol. The summed E-state index contributed by atoms with van der Waals surface area (Å²) in [5.74, 6) is 0.735. The molecule has 0 aromatic heterocycles. The first-order valence-electron chi connectivity index (χ1n) is 8.04. The molecular formula is C19H20N2O4. The molecule has 0 unspecified atom stereocenters. The van der Waals surface area contributed by atoms with Crippen LogP contribution in [-0.2, 0) is 9.59 Å². The summed E-state index contributed by atoms with van der Waals surface area (Å²) >= 11 is 0. The zero-order valence-corrected chi connectivity index (χ0v) is 14.4. The summed E-state index contributed by atoms with van der Waals surface area (Å²) in [6.07, 6.45) is -0.528. The zero-order chi connectivity index (χ0) is 18.0. The lowest BCUT2D eigenvalue weighted by Crippen LogP contribution is -2.34. The van der Waals surface area contributed by atoms with E-state index in [-0.39, 0.29) is 18.4 Å². The standard InChI is InChI=1S/C19H20N2O4/c1-11-4-6-15(8-12(11)2)24-10-18(22)20-14-5-7-17-16(9-14)21-19(23)13(3)25-17/h4-9,13H,10H2,1-3H3,(H,20,22)(H,21,23)/t13-/m0/s1. The van der Waals surface area contributed by atoms with E-state index < -0.39 is 6.10 Å². The molecule has 1 aliphatic heterocycles. The van der Waals surface area contributed by atoms with Gasteiger partial charge in [0.15, 0.2) is 12.7 Å². The average Bonchev–Trinajstić information content (AvgIpc) is 2.57. The molecule has 2 N–H and O–H groups in total. The van der Waals surface area contributed by atoms with E-state index in [4.69, 9.17) is 9.47 Å². The van der Waals surface area contributed by atoms with E-state index in [1.807, 2.05) is 32.0 Å². The zero-order valence-electron chi connectivity index (χ0n) is 14.4. The second kappa shape index (κ2) is 6.84. The number of carbonyl (C=O) groups excluding carboxylic acids is 2. The van der Waals surface area contributed by atoms with E-state index in [2.05, 4.69) is 10.6 Å². The van der Waals surface area contributed by atoms with Crippen molar-refractivity contribution in [2.24, 2.45) is 0 Å². The van der Waals surface area contributed by atoms with E-state index in [9.17, 15) is 9.59 Å². The fraction of sp³-hybridized carbons (Fsp3) is 0.263. The molecule has 6 heteroatoms. The highest BCUT2D eigenvalue weighted by atomic mass is 16.5. The maximum absolute atomic E-state index is 12.1. The average molecular weight is 340 g/mol. The minimum absolute atomic E-state index is 0.0977. The van der Waals surface area contributed by atoms with Crippen LogP contribution in [0.5, 0.6) is 11.5 Å². The first kappa shape index (κ1) is 16.8. The normalized spacial score (nSPS) is 15.6. The summed E-state index contributed by atoms with van der Waals surface area (Å²) < 4.78 is 11.0. The van der Waals surface area contributed by atoms with Gasteiger partial charge in [0.1, 0.15) is 11.5 Å². The molecule has 25 heavy (non-hydrogen) atoms. The van der Waals surface area contributed by atoms with Crippen molar-refractivity contribution in [2.45, 2.75) is 26.9 Å². The second-order valence-electron chi connectivity index (χ2n) is 6.04. The highest BCUT2D eigenvalue weighted by Gasteiger charge is 2.23. The van der Waals surface area contributed by atoms with Gasteiger partial charge in [0.2, 0.25) is 0 Å². The molecule has 1 aliphatic rings. The Morgan fingerprint density at radius 2 is 2.00 bits per heavy atom. The molecule has 0 saturated carbocycles. The van der Waals surface area contributed by atoms with Gasteiger partial charge in [0.25, 0.3) is 11.8 Å². The fourth-order valence-corrected chi connectivity index (χ4v) is 2.44. The molecule has 2 amide bonds. The topological polar surface area (TPSA) is 76.7 Å². The molecule has 130 valence electrons. The van der Waals surface area contributed by atoms with Crippen LogP contribution in [0.1, 0.15) is 18.1 Å². The Labute approximate surface area is 146 Å². The number of hydrogen-bond donors (Lipinski definition) is 2. The molecule has 6 nitrogen and oxygen atoms in total. The molecule has 0 saturated heterocycles. The highest BCUT2D eigenvalue weighted by molar-refractivity contribution is 5.99. The molecule has 2 aromatic carbocycles. The molecule has 0 radical (unpaired) electrons. The summed E-state index contributed by atoms with van der Waals surface area (Å²) in [7, 11) is 0. The molecule has 0 spiro atoms. The van der Waals surface area contributed by atoms with Gasteiger partial charge in [-0.05, 0) is 62.2 Å². The maximum atomic E-state index is 12.1. The van der Waals surface area contributed by atoms with Crippen LogP contribution in [-0.4, -0.2) is 24.5 Å². The molecule has 2 aromatic rings. The molecule has 1 heterocycles. The van der Waals surface area contributed by atoms with Crippen molar-refractivity contribution in [1.29, 1.82) is 0 Å². The lowest BCUT2D eigenvalue weighted by Gasteiger charge is -2.23. The maximum Gasteiger partial charge on any atom is 0.265 e. The van der Waals surface area contributed by atoms with Crippen molar-refractivity contribution >= 4 is 23.2 Å². The molecule has 3 rings (SSSR count). The SMILES string of the molecule is Cc1ccc(OCC(=O)Nc2ccc3c(c2)NC(=O)[C@H](C)O3)cc1C. The molecule has 1 atom stereocenters. The number of fused-ring (bicyclic) bond motifs is 1. The quantitative estimate of drug-likeness (QED) is 0.897. The lowest BCUT2D eigenvalue weighted by atomic mass is 10.1. The Morgan fingerprint density at radius 3 is 2.76 bits per heavy atom. The number of rotatable bonds is 4. The van der Waals surface area contributed by atoms with Crippen LogP contribution in [0, 0.1) is 13.8 Å². The van der Waals surface area contributed by atoms with Crippen molar-refractivity contribution < 1.29 is 19.1 Å². The van der Waals surface area contributed by atoms with Crippen LogP contribution in [0.3, 0.4) is 0 Å². The van der Waals surface area contributed by atoms with Crippen LogP contribution in [0.25, 0.3) is 0 Å². The monoisotopic (exact) mass is 340 g/mol. The number of aryl methyl sites for hydroxylation is 2. The third-order valence-corrected chi connectivity index (χ3v) is 4.04. The van der Waals surface area contributed by atoms with Crippen LogP contribution in [0.15, 0.2) is 36.4 Å². The minimum Gasteiger partial charge on any atom is -0.484 e. The fourth-order valence-electron chi connectivity index (χ4n) is 2.44. The van der Waals surface area contributed by atoms with E-state index >= 15 is 0 Å². The van der Waals surface area contributed by atoms with Crippen molar-refractivity contribution in [2.75, 3.05) is 17.2 Å². The van der Waals surface area contributed by atoms with Crippen LogP contribution >= 0.6 is 0 Å². The van der Waals surface area contributed by atoms with E-state index in [0.717, 1.165) is 5.56 Å². The van der Waals surface area contributed by atoms with Crippen molar-refractivity contribution in [3.63, 3.8) is 0 Å². The summed E-state index contributed by atoms with van der Waals surface area (Å²) in [4.78, 5) is 23.7. The Hall–Kier alpha value is -3.02. The first-order chi connectivity index (χ1) is 11.9. The minimum atomic E-state index is -0.528. The highest BCUT2D eigenvalue weighted by Crippen LogP contribution is 2.32. The third kappa shape index (κ3) is 3.91.